The number of carbonyl (C=O) groups is 1. The van der Waals surface area contributed by atoms with Crippen molar-refractivity contribution in [3.63, 3.8) is 0 Å². The van der Waals surface area contributed by atoms with Crippen LogP contribution in [0.4, 0.5) is 14.9 Å². The quantitative estimate of drug-likeness (QED) is 0.773. The van der Waals surface area contributed by atoms with E-state index in [1.807, 2.05) is 0 Å². The number of amides is 2. The van der Waals surface area contributed by atoms with Crippen molar-refractivity contribution in [2.45, 2.75) is 31.8 Å². The zero-order chi connectivity index (χ0) is 19.1. The molecule has 0 bridgehead atoms. The molecule has 0 unspecified atom stereocenters. The van der Waals surface area contributed by atoms with Gasteiger partial charge in [0.25, 0.3) is 0 Å². The lowest BCUT2D eigenvalue weighted by molar-refractivity contribution is 0.00848. The Labute approximate surface area is 159 Å². The standard InChI is InChI=1S/C21H25FN2O3/c1-24(14-13-16-8-6-7-15-26-16)21(25)23-18-10-3-5-12-20(18)27-19-11-4-2-9-17(19)22/h2-5,9-12,16H,6-8,13-15H2,1H3,(H,23,25)/t16-/m0/s1. The summed E-state index contributed by atoms with van der Waals surface area (Å²) in [5.74, 6) is 0.0465. The molecule has 0 aliphatic carbocycles. The first-order valence-corrected chi connectivity index (χ1v) is 9.28. The molecule has 144 valence electrons. The van der Waals surface area contributed by atoms with Gasteiger partial charge >= 0.3 is 6.03 Å². The molecule has 1 aliphatic rings. The number of benzene rings is 2. The Bertz CT molecular complexity index is 763. The van der Waals surface area contributed by atoms with Crippen molar-refractivity contribution >= 4 is 11.7 Å². The molecule has 0 saturated carbocycles. The molecule has 2 amide bonds. The van der Waals surface area contributed by atoms with Gasteiger partial charge in [0, 0.05) is 20.2 Å². The average Bonchev–Trinajstić information content (AvgIpc) is 2.70. The van der Waals surface area contributed by atoms with Crippen LogP contribution in [0.5, 0.6) is 11.5 Å². The molecule has 6 heteroatoms. The molecule has 3 rings (SSSR count). The fourth-order valence-corrected chi connectivity index (χ4v) is 2.99. The molecular formula is C21H25FN2O3. The van der Waals surface area contributed by atoms with Gasteiger partial charge in [-0.1, -0.05) is 24.3 Å². The van der Waals surface area contributed by atoms with Crippen molar-refractivity contribution in [1.82, 2.24) is 4.90 Å². The highest BCUT2D eigenvalue weighted by Gasteiger charge is 2.17. The number of carbonyl (C=O) groups excluding carboxylic acids is 1. The summed E-state index contributed by atoms with van der Waals surface area (Å²) in [5.41, 5.74) is 0.492. The summed E-state index contributed by atoms with van der Waals surface area (Å²) in [7, 11) is 1.75. The van der Waals surface area contributed by atoms with E-state index in [4.69, 9.17) is 9.47 Å². The molecule has 0 aromatic heterocycles. The number of nitrogens with zero attached hydrogens (tertiary/aromatic N) is 1. The fraction of sp³-hybridized carbons (Fsp3) is 0.381. The largest absolute Gasteiger partial charge is 0.452 e. The normalized spacial score (nSPS) is 16.6. The molecule has 0 spiro atoms. The van der Waals surface area contributed by atoms with Gasteiger partial charge in [0.1, 0.15) is 0 Å². The molecule has 5 nitrogen and oxygen atoms in total. The van der Waals surface area contributed by atoms with Crippen LogP contribution in [0.15, 0.2) is 48.5 Å². The Morgan fingerprint density at radius 2 is 1.93 bits per heavy atom. The summed E-state index contributed by atoms with van der Waals surface area (Å²) < 4.78 is 25.2. The molecule has 1 heterocycles. The van der Waals surface area contributed by atoms with E-state index in [0.717, 1.165) is 25.9 Å². The second-order valence-electron chi connectivity index (χ2n) is 6.66. The van der Waals surface area contributed by atoms with Crippen LogP contribution < -0.4 is 10.1 Å². The zero-order valence-corrected chi connectivity index (χ0v) is 15.5. The highest BCUT2D eigenvalue weighted by atomic mass is 19.1. The first kappa shape index (κ1) is 19.2. The van der Waals surface area contributed by atoms with Gasteiger partial charge in [-0.3, -0.25) is 0 Å². The Morgan fingerprint density at radius 1 is 1.19 bits per heavy atom. The molecule has 1 N–H and O–H groups in total. The summed E-state index contributed by atoms with van der Waals surface area (Å²) in [5, 5.41) is 2.84. The fourth-order valence-electron chi connectivity index (χ4n) is 2.99. The highest BCUT2D eigenvalue weighted by molar-refractivity contribution is 5.90. The van der Waals surface area contributed by atoms with E-state index in [9.17, 15) is 9.18 Å². The van der Waals surface area contributed by atoms with Gasteiger partial charge < -0.3 is 19.7 Å². The molecule has 0 radical (unpaired) electrons. The summed E-state index contributed by atoms with van der Waals surface area (Å²) >= 11 is 0. The number of nitrogens with one attached hydrogen (secondary N) is 1. The maximum Gasteiger partial charge on any atom is 0.321 e. The van der Waals surface area contributed by atoms with Gasteiger partial charge in [0.15, 0.2) is 17.3 Å². The molecule has 1 atom stereocenters. The van der Waals surface area contributed by atoms with E-state index in [0.29, 0.717) is 18.0 Å². The second kappa shape index (κ2) is 9.37. The number of anilines is 1. The van der Waals surface area contributed by atoms with Crippen molar-refractivity contribution in [3.05, 3.63) is 54.3 Å². The molecule has 2 aromatic carbocycles. The van der Waals surface area contributed by atoms with E-state index < -0.39 is 5.82 Å². The van der Waals surface area contributed by atoms with Gasteiger partial charge in [-0.2, -0.15) is 0 Å². The van der Waals surface area contributed by atoms with Crippen LogP contribution in [-0.4, -0.2) is 37.2 Å². The monoisotopic (exact) mass is 372 g/mol. The summed E-state index contributed by atoms with van der Waals surface area (Å²) in [6.07, 6.45) is 4.39. The predicted octanol–water partition coefficient (Wildman–Crippen LogP) is 5.04. The van der Waals surface area contributed by atoms with Crippen LogP contribution in [0.1, 0.15) is 25.7 Å². The lowest BCUT2D eigenvalue weighted by Crippen LogP contribution is -2.34. The van der Waals surface area contributed by atoms with Crippen LogP contribution in [0.25, 0.3) is 0 Å². The van der Waals surface area contributed by atoms with Crippen molar-refractivity contribution in [2.75, 3.05) is 25.5 Å². The SMILES string of the molecule is CN(CC[C@@H]1CCCCO1)C(=O)Nc1ccccc1Oc1ccccc1F. The summed E-state index contributed by atoms with van der Waals surface area (Å²) in [6.45, 7) is 1.41. The second-order valence-corrected chi connectivity index (χ2v) is 6.66. The minimum absolute atomic E-state index is 0.113. The molecular weight excluding hydrogens is 347 g/mol. The topological polar surface area (TPSA) is 50.8 Å². The number of urea groups is 1. The number of ether oxygens (including phenoxy) is 2. The van der Waals surface area contributed by atoms with Crippen LogP contribution >= 0.6 is 0 Å². The average molecular weight is 372 g/mol. The van der Waals surface area contributed by atoms with E-state index in [-0.39, 0.29) is 17.9 Å². The lowest BCUT2D eigenvalue weighted by Gasteiger charge is -2.25. The van der Waals surface area contributed by atoms with E-state index >= 15 is 0 Å². The van der Waals surface area contributed by atoms with E-state index in [2.05, 4.69) is 5.32 Å². The molecule has 2 aromatic rings. The molecule has 1 aliphatic heterocycles. The third-order valence-corrected chi connectivity index (χ3v) is 4.59. The first-order chi connectivity index (χ1) is 13.1. The van der Waals surface area contributed by atoms with Crippen molar-refractivity contribution in [3.8, 4) is 11.5 Å². The summed E-state index contributed by atoms with van der Waals surface area (Å²) in [6, 6.07) is 12.9. The third-order valence-electron chi connectivity index (χ3n) is 4.59. The summed E-state index contributed by atoms with van der Waals surface area (Å²) in [4.78, 5) is 14.1. The van der Waals surface area contributed by atoms with Gasteiger partial charge in [0.05, 0.1) is 11.8 Å². The van der Waals surface area contributed by atoms with Crippen molar-refractivity contribution in [1.29, 1.82) is 0 Å². The number of para-hydroxylation sites is 3. The van der Waals surface area contributed by atoms with Crippen LogP contribution in [0.3, 0.4) is 0 Å². The minimum Gasteiger partial charge on any atom is -0.452 e. The van der Waals surface area contributed by atoms with Crippen LogP contribution in [0.2, 0.25) is 0 Å². The Morgan fingerprint density at radius 3 is 2.67 bits per heavy atom. The van der Waals surface area contributed by atoms with Gasteiger partial charge in [-0.15, -0.1) is 0 Å². The number of hydrogen-bond acceptors (Lipinski definition) is 3. The Kier molecular flexibility index (Phi) is 6.65. The Hall–Kier alpha value is -2.60. The first-order valence-electron chi connectivity index (χ1n) is 9.28. The Balaban J connectivity index is 1.59. The molecule has 1 fully saturated rings. The van der Waals surface area contributed by atoms with Gasteiger partial charge in [-0.05, 0) is 49.9 Å². The van der Waals surface area contributed by atoms with E-state index in [1.165, 1.54) is 12.5 Å². The highest BCUT2D eigenvalue weighted by Crippen LogP contribution is 2.30. The van der Waals surface area contributed by atoms with Gasteiger partial charge in [0.2, 0.25) is 0 Å². The maximum atomic E-state index is 13.8. The minimum atomic E-state index is -0.455. The molecule has 1 saturated heterocycles. The predicted molar refractivity (Wildman–Crippen MR) is 103 cm³/mol. The number of halogens is 1. The van der Waals surface area contributed by atoms with Crippen molar-refractivity contribution in [2.24, 2.45) is 0 Å². The van der Waals surface area contributed by atoms with Crippen molar-refractivity contribution < 1.29 is 18.7 Å². The molecule has 27 heavy (non-hydrogen) atoms. The van der Waals surface area contributed by atoms with Gasteiger partial charge in [-0.25, -0.2) is 9.18 Å². The third kappa shape index (κ3) is 5.44. The smallest absolute Gasteiger partial charge is 0.321 e. The zero-order valence-electron chi connectivity index (χ0n) is 15.5. The van der Waals surface area contributed by atoms with E-state index in [1.54, 1.807) is 54.4 Å². The van der Waals surface area contributed by atoms with Crippen LogP contribution in [-0.2, 0) is 4.74 Å². The number of hydrogen-bond donors (Lipinski definition) is 1. The maximum absolute atomic E-state index is 13.8. The lowest BCUT2D eigenvalue weighted by atomic mass is 10.1. The number of rotatable bonds is 6. The van der Waals surface area contributed by atoms with Crippen LogP contribution in [0, 0.1) is 5.82 Å².